The van der Waals surface area contributed by atoms with Crippen LogP contribution in [-0.2, 0) is 0 Å². The molecule has 0 aromatic rings. The average Bonchev–Trinajstić information content (AvgIpc) is 2.06. The highest BCUT2D eigenvalue weighted by molar-refractivity contribution is 5.66. The maximum absolute atomic E-state index is 11.1. The molecule has 0 radical (unpaired) electrons. The van der Waals surface area contributed by atoms with Crippen molar-refractivity contribution in [2.24, 2.45) is 16.9 Å². The van der Waals surface area contributed by atoms with E-state index in [9.17, 15) is 4.79 Å². The largest absolute Gasteiger partial charge is 0.465 e. The van der Waals surface area contributed by atoms with E-state index in [0.717, 1.165) is 0 Å². The highest BCUT2D eigenvalue weighted by Gasteiger charge is 2.43. The first-order chi connectivity index (χ1) is 6.75. The Kier molecular flexibility index (Phi) is 3.25. The Bertz CT molecular complexity index is 250. The number of hydrogen-bond donors (Lipinski definition) is 3. The number of rotatable bonds is 0. The minimum absolute atomic E-state index is 0.107. The zero-order chi connectivity index (χ0) is 11.8. The summed E-state index contributed by atoms with van der Waals surface area (Å²) in [6.07, 6.45) is -0.266. The average molecular weight is 215 g/mol. The normalized spacial score (nSPS) is 32.9. The second kappa shape index (κ2) is 3.98. The third kappa shape index (κ3) is 2.41. The number of likely N-dealkylation sites (tertiary alicyclic amines) is 1. The quantitative estimate of drug-likeness (QED) is 0.546. The summed E-state index contributed by atoms with van der Waals surface area (Å²) in [7, 11) is 0. The van der Waals surface area contributed by atoms with Crippen LogP contribution in [0.5, 0.6) is 0 Å². The SMILES string of the molecule is CC(C)(C)C1[C@H](N)[C@@H](N)CCN1C(=O)O. The number of carbonyl (C=O) groups is 1. The van der Waals surface area contributed by atoms with Crippen molar-refractivity contribution >= 4 is 6.09 Å². The Morgan fingerprint density at radius 3 is 2.33 bits per heavy atom. The van der Waals surface area contributed by atoms with Crippen LogP contribution in [0, 0.1) is 5.41 Å². The molecule has 5 N–H and O–H groups in total. The Hall–Kier alpha value is -0.810. The fourth-order valence-corrected chi connectivity index (χ4v) is 2.32. The summed E-state index contributed by atoms with van der Waals surface area (Å²) >= 11 is 0. The molecule has 0 aromatic carbocycles. The highest BCUT2D eigenvalue weighted by Crippen LogP contribution is 2.30. The molecule has 1 amide bonds. The summed E-state index contributed by atoms with van der Waals surface area (Å²) in [5.74, 6) is 0. The van der Waals surface area contributed by atoms with E-state index in [0.29, 0.717) is 13.0 Å². The van der Waals surface area contributed by atoms with Crippen molar-refractivity contribution in [3.05, 3.63) is 0 Å². The molecule has 5 nitrogen and oxygen atoms in total. The Morgan fingerprint density at radius 1 is 1.40 bits per heavy atom. The number of nitrogens with zero attached hydrogens (tertiary/aromatic N) is 1. The van der Waals surface area contributed by atoms with Gasteiger partial charge in [-0.15, -0.1) is 0 Å². The molecule has 0 aromatic heterocycles. The highest BCUT2D eigenvalue weighted by atomic mass is 16.4. The Labute approximate surface area is 90.4 Å². The van der Waals surface area contributed by atoms with Gasteiger partial charge in [-0.25, -0.2) is 4.79 Å². The van der Waals surface area contributed by atoms with Crippen LogP contribution >= 0.6 is 0 Å². The van der Waals surface area contributed by atoms with E-state index in [1.54, 1.807) is 0 Å². The third-order valence-corrected chi connectivity index (χ3v) is 3.03. The van der Waals surface area contributed by atoms with Crippen molar-refractivity contribution in [3.63, 3.8) is 0 Å². The van der Waals surface area contributed by atoms with Crippen molar-refractivity contribution in [3.8, 4) is 0 Å². The van der Waals surface area contributed by atoms with E-state index in [2.05, 4.69) is 0 Å². The second-order valence-corrected chi connectivity index (χ2v) is 5.32. The van der Waals surface area contributed by atoms with Gasteiger partial charge in [-0.1, -0.05) is 20.8 Å². The predicted octanol–water partition coefficient (Wildman–Crippen LogP) is 0.439. The van der Waals surface area contributed by atoms with Gasteiger partial charge in [-0.3, -0.25) is 0 Å². The lowest BCUT2D eigenvalue weighted by atomic mass is 9.76. The van der Waals surface area contributed by atoms with Crippen LogP contribution in [0.4, 0.5) is 4.79 Å². The fraction of sp³-hybridized carbons (Fsp3) is 0.900. The van der Waals surface area contributed by atoms with Gasteiger partial charge in [-0.05, 0) is 11.8 Å². The molecule has 1 rings (SSSR count). The lowest BCUT2D eigenvalue weighted by Gasteiger charge is -2.47. The van der Waals surface area contributed by atoms with Crippen LogP contribution in [0.3, 0.4) is 0 Å². The standard InChI is InChI=1S/C10H21N3O2/c1-10(2,3)8-7(12)6(11)4-5-13(8)9(14)15/h6-8H,4-5,11-12H2,1-3H3,(H,14,15)/t6-,7+,8?/m0/s1. The molecular formula is C10H21N3O2. The number of nitrogens with two attached hydrogens (primary N) is 2. The maximum atomic E-state index is 11.1. The first kappa shape index (κ1) is 12.3. The summed E-state index contributed by atoms with van der Waals surface area (Å²) < 4.78 is 0. The topological polar surface area (TPSA) is 92.6 Å². The maximum Gasteiger partial charge on any atom is 0.407 e. The molecule has 0 bridgehead atoms. The lowest BCUT2D eigenvalue weighted by molar-refractivity contribution is 0.0404. The van der Waals surface area contributed by atoms with E-state index in [4.69, 9.17) is 16.6 Å². The summed E-state index contributed by atoms with van der Waals surface area (Å²) in [5, 5.41) is 9.11. The molecule has 1 saturated heterocycles. The molecule has 3 atom stereocenters. The van der Waals surface area contributed by atoms with E-state index in [1.807, 2.05) is 20.8 Å². The van der Waals surface area contributed by atoms with E-state index >= 15 is 0 Å². The molecule has 5 heteroatoms. The Morgan fingerprint density at radius 2 is 1.93 bits per heavy atom. The number of piperidine rings is 1. The fourth-order valence-electron chi connectivity index (χ4n) is 2.32. The van der Waals surface area contributed by atoms with Gasteiger partial charge in [0.2, 0.25) is 0 Å². The monoisotopic (exact) mass is 215 g/mol. The summed E-state index contributed by atoms with van der Waals surface area (Å²) in [5.41, 5.74) is 11.7. The van der Waals surface area contributed by atoms with E-state index in [-0.39, 0.29) is 23.5 Å². The van der Waals surface area contributed by atoms with Crippen LogP contribution in [0.1, 0.15) is 27.2 Å². The van der Waals surface area contributed by atoms with Crippen LogP contribution < -0.4 is 11.5 Å². The zero-order valence-corrected chi connectivity index (χ0v) is 9.60. The number of carboxylic acid groups (broad SMARTS) is 1. The minimum atomic E-state index is -0.905. The van der Waals surface area contributed by atoms with Gasteiger partial charge in [0.15, 0.2) is 0 Å². The summed E-state index contributed by atoms with van der Waals surface area (Å²) in [4.78, 5) is 12.5. The van der Waals surface area contributed by atoms with Crippen molar-refractivity contribution in [1.29, 1.82) is 0 Å². The predicted molar refractivity (Wildman–Crippen MR) is 58.5 cm³/mol. The van der Waals surface area contributed by atoms with E-state index in [1.165, 1.54) is 4.90 Å². The molecule has 15 heavy (non-hydrogen) atoms. The first-order valence-corrected chi connectivity index (χ1v) is 5.26. The second-order valence-electron chi connectivity index (χ2n) is 5.32. The molecule has 0 spiro atoms. The van der Waals surface area contributed by atoms with Gasteiger partial charge in [0.1, 0.15) is 0 Å². The van der Waals surface area contributed by atoms with Gasteiger partial charge in [0.25, 0.3) is 0 Å². The van der Waals surface area contributed by atoms with Gasteiger partial charge in [0.05, 0.1) is 6.04 Å². The van der Waals surface area contributed by atoms with Crippen molar-refractivity contribution < 1.29 is 9.90 Å². The molecule has 0 aliphatic carbocycles. The van der Waals surface area contributed by atoms with Crippen molar-refractivity contribution in [2.45, 2.75) is 45.3 Å². The zero-order valence-electron chi connectivity index (χ0n) is 9.60. The first-order valence-electron chi connectivity index (χ1n) is 5.26. The molecular weight excluding hydrogens is 194 g/mol. The molecule has 1 unspecified atom stereocenters. The molecule has 0 saturated carbocycles. The summed E-state index contributed by atoms with van der Waals surface area (Å²) in [6, 6.07) is -0.599. The van der Waals surface area contributed by atoms with Crippen molar-refractivity contribution in [1.82, 2.24) is 4.90 Å². The van der Waals surface area contributed by atoms with Crippen LogP contribution in [-0.4, -0.2) is 40.8 Å². The van der Waals surface area contributed by atoms with Gasteiger partial charge >= 0.3 is 6.09 Å². The van der Waals surface area contributed by atoms with Crippen LogP contribution in [0.15, 0.2) is 0 Å². The number of amides is 1. The van der Waals surface area contributed by atoms with Gasteiger partial charge in [-0.2, -0.15) is 0 Å². The lowest BCUT2D eigenvalue weighted by Crippen LogP contribution is -2.66. The number of hydrogen-bond acceptors (Lipinski definition) is 3. The Balaban J connectivity index is 2.95. The third-order valence-electron chi connectivity index (χ3n) is 3.03. The van der Waals surface area contributed by atoms with Crippen molar-refractivity contribution in [2.75, 3.05) is 6.54 Å². The van der Waals surface area contributed by atoms with Crippen LogP contribution in [0.25, 0.3) is 0 Å². The van der Waals surface area contributed by atoms with Crippen LogP contribution in [0.2, 0.25) is 0 Å². The molecule has 1 fully saturated rings. The van der Waals surface area contributed by atoms with Gasteiger partial charge < -0.3 is 21.5 Å². The summed E-state index contributed by atoms with van der Waals surface area (Å²) in [6.45, 7) is 6.45. The molecule has 1 aliphatic heterocycles. The van der Waals surface area contributed by atoms with Gasteiger partial charge in [0, 0.05) is 18.6 Å². The van der Waals surface area contributed by atoms with E-state index < -0.39 is 6.09 Å². The smallest absolute Gasteiger partial charge is 0.407 e. The molecule has 1 aliphatic rings. The molecule has 1 heterocycles. The molecule has 88 valence electrons. The minimum Gasteiger partial charge on any atom is -0.465 e.